The monoisotopic (exact) mass is 334 g/mol. The molecular weight excluding hydrogens is 320 g/mol. The van der Waals surface area contributed by atoms with Crippen molar-refractivity contribution < 1.29 is 18.0 Å². The third-order valence-corrected chi connectivity index (χ3v) is 4.90. The Morgan fingerprint density at radius 1 is 0.696 bits per heavy atom. The summed E-state index contributed by atoms with van der Waals surface area (Å²) in [6.07, 6.45) is 0. The number of hydrogen-bond donors (Lipinski definition) is 4. The number of amides is 2. The molecule has 2 rings (SSSR count). The van der Waals surface area contributed by atoms with Gasteiger partial charge in [0.25, 0.3) is 11.8 Å². The lowest BCUT2D eigenvalue weighted by molar-refractivity contribution is 0.0945. The summed E-state index contributed by atoms with van der Waals surface area (Å²) in [5.41, 5.74) is 4.39. The second-order valence-electron chi connectivity index (χ2n) is 4.50. The van der Waals surface area contributed by atoms with Crippen molar-refractivity contribution in [2.45, 2.75) is 9.79 Å². The van der Waals surface area contributed by atoms with Gasteiger partial charge >= 0.3 is 0 Å². The number of nitrogen functional groups attached to an aromatic ring is 2. The first kappa shape index (κ1) is 16.6. The zero-order valence-corrected chi connectivity index (χ0v) is 12.6. The van der Waals surface area contributed by atoms with Crippen LogP contribution in [0.2, 0.25) is 0 Å². The van der Waals surface area contributed by atoms with Gasteiger partial charge in [0, 0.05) is 11.1 Å². The number of hydrazine groups is 2. The van der Waals surface area contributed by atoms with Gasteiger partial charge in [-0.3, -0.25) is 20.4 Å². The van der Waals surface area contributed by atoms with E-state index in [1.807, 2.05) is 10.9 Å². The zero-order chi connectivity index (χ0) is 17.0. The first-order valence-electron chi connectivity index (χ1n) is 6.37. The minimum Gasteiger partial charge on any atom is -0.290 e. The number of hydrogen-bond acceptors (Lipinski definition) is 6. The standard InChI is InChI=1S/C14H14N4O4S/c15-17-13(19)9-1-5-11(6-2-9)23(21,22)12-7-3-10(4-8-12)14(20)18-16/h1-8H,15-16H2,(H,17,19)(H,18,20). The molecule has 0 heterocycles. The summed E-state index contributed by atoms with van der Waals surface area (Å²) in [6, 6.07) is 10.6. The predicted octanol–water partition coefficient (Wildman–Crippen LogP) is -0.274. The Labute approximate surface area is 132 Å². The van der Waals surface area contributed by atoms with Crippen LogP contribution < -0.4 is 22.5 Å². The fraction of sp³-hybridized carbons (Fsp3) is 0. The molecule has 0 spiro atoms. The second-order valence-corrected chi connectivity index (χ2v) is 6.45. The number of carbonyl (C=O) groups excluding carboxylic acids is 2. The highest BCUT2D eigenvalue weighted by molar-refractivity contribution is 7.91. The molecule has 23 heavy (non-hydrogen) atoms. The SMILES string of the molecule is NNC(=O)c1ccc(S(=O)(=O)c2ccc(C(=O)NN)cc2)cc1. The fourth-order valence-corrected chi connectivity index (χ4v) is 3.13. The maximum atomic E-state index is 12.5. The van der Waals surface area contributed by atoms with Gasteiger partial charge in [0.2, 0.25) is 9.84 Å². The van der Waals surface area contributed by atoms with E-state index in [1.54, 1.807) is 0 Å². The van der Waals surface area contributed by atoms with Crippen molar-refractivity contribution in [2.75, 3.05) is 0 Å². The third-order valence-electron chi connectivity index (χ3n) is 3.12. The molecule has 8 nitrogen and oxygen atoms in total. The van der Waals surface area contributed by atoms with Crippen LogP contribution in [-0.4, -0.2) is 20.2 Å². The molecule has 0 aliphatic rings. The average molecular weight is 334 g/mol. The summed E-state index contributed by atoms with van der Waals surface area (Å²) < 4.78 is 25.0. The average Bonchev–Trinajstić information content (AvgIpc) is 2.60. The van der Waals surface area contributed by atoms with Gasteiger partial charge in [0.15, 0.2) is 0 Å². The van der Waals surface area contributed by atoms with E-state index in [0.29, 0.717) is 0 Å². The van der Waals surface area contributed by atoms with E-state index in [9.17, 15) is 18.0 Å². The minimum absolute atomic E-state index is 0.0158. The maximum Gasteiger partial charge on any atom is 0.265 e. The molecule has 0 atom stereocenters. The maximum absolute atomic E-state index is 12.5. The Balaban J connectivity index is 2.34. The first-order valence-corrected chi connectivity index (χ1v) is 7.85. The molecule has 2 aromatic rings. The molecule has 0 saturated heterocycles. The number of carbonyl (C=O) groups is 2. The van der Waals surface area contributed by atoms with Crippen LogP contribution in [0, 0.1) is 0 Å². The Hall–Kier alpha value is -2.75. The molecule has 9 heteroatoms. The fourth-order valence-electron chi connectivity index (χ4n) is 1.87. The molecule has 0 aliphatic heterocycles. The van der Waals surface area contributed by atoms with E-state index < -0.39 is 21.7 Å². The van der Waals surface area contributed by atoms with Crippen molar-refractivity contribution in [1.82, 2.24) is 10.9 Å². The van der Waals surface area contributed by atoms with E-state index in [1.165, 1.54) is 48.5 Å². The van der Waals surface area contributed by atoms with E-state index in [4.69, 9.17) is 11.7 Å². The lowest BCUT2D eigenvalue weighted by Crippen LogP contribution is -2.30. The van der Waals surface area contributed by atoms with Gasteiger partial charge in [0.05, 0.1) is 9.79 Å². The Kier molecular flexibility index (Phi) is 4.74. The van der Waals surface area contributed by atoms with Crippen molar-refractivity contribution in [2.24, 2.45) is 11.7 Å². The van der Waals surface area contributed by atoms with Crippen molar-refractivity contribution in [3.63, 3.8) is 0 Å². The Morgan fingerprint density at radius 3 is 1.26 bits per heavy atom. The summed E-state index contributed by atoms with van der Waals surface area (Å²) in [4.78, 5) is 22.7. The van der Waals surface area contributed by atoms with Crippen LogP contribution in [0.4, 0.5) is 0 Å². The first-order chi connectivity index (χ1) is 10.9. The Morgan fingerprint density at radius 2 is 1.00 bits per heavy atom. The minimum atomic E-state index is -3.76. The van der Waals surface area contributed by atoms with Crippen LogP contribution in [-0.2, 0) is 9.84 Å². The van der Waals surface area contributed by atoms with Gasteiger partial charge in [-0.2, -0.15) is 0 Å². The van der Waals surface area contributed by atoms with E-state index in [0.717, 1.165) is 0 Å². The molecule has 0 saturated carbocycles. The van der Waals surface area contributed by atoms with Crippen molar-refractivity contribution in [1.29, 1.82) is 0 Å². The molecule has 6 N–H and O–H groups in total. The molecule has 0 aliphatic carbocycles. The second kappa shape index (κ2) is 6.57. The van der Waals surface area contributed by atoms with Crippen LogP contribution in [0.3, 0.4) is 0 Å². The van der Waals surface area contributed by atoms with E-state index >= 15 is 0 Å². The highest BCUT2D eigenvalue weighted by Gasteiger charge is 2.18. The smallest absolute Gasteiger partial charge is 0.265 e. The zero-order valence-electron chi connectivity index (χ0n) is 11.8. The van der Waals surface area contributed by atoms with Crippen LogP contribution in [0.15, 0.2) is 58.3 Å². The number of nitrogens with one attached hydrogen (secondary N) is 2. The van der Waals surface area contributed by atoms with Crippen molar-refractivity contribution in [3.8, 4) is 0 Å². The van der Waals surface area contributed by atoms with Gasteiger partial charge in [-0.25, -0.2) is 20.1 Å². The van der Waals surface area contributed by atoms with Crippen LogP contribution in [0.25, 0.3) is 0 Å². The molecule has 120 valence electrons. The molecule has 0 aromatic heterocycles. The summed E-state index contributed by atoms with van der Waals surface area (Å²) in [7, 11) is -3.76. The van der Waals surface area contributed by atoms with Crippen molar-refractivity contribution >= 4 is 21.7 Å². The van der Waals surface area contributed by atoms with Gasteiger partial charge in [-0.1, -0.05) is 0 Å². The third kappa shape index (κ3) is 3.37. The van der Waals surface area contributed by atoms with Gasteiger partial charge in [-0.15, -0.1) is 0 Å². The summed E-state index contributed by atoms with van der Waals surface area (Å²) in [5, 5.41) is 0. The molecular formula is C14H14N4O4S. The summed E-state index contributed by atoms with van der Waals surface area (Å²) in [6.45, 7) is 0. The number of sulfone groups is 1. The highest BCUT2D eigenvalue weighted by Crippen LogP contribution is 2.21. The van der Waals surface area contributed by atoms with E-state index in [-0.39, 0.29) is 20.9 Å². The number of nitrogens with two attached hydrogens (primary N) is 2. The van der Waals surface area contributed by atoms with Crippen LogP contribution in [0.1, 0.15) is 20.7 Å². The molecule has 0 radical (unpaired) electrons. The molecule has 2 aromatic carbocycles. The lowest BCUT2D eigenvalue weighted by atomic mass is 10.2. The molecule has 2 amide bonds. The molecule has 0 unspecified atom stereocenters. The largest absolute Gasteiger partial charge is 0.290 e. The lowest BCUT2D eigenvalue weighted by Gasteiger charge is -2.07. The van der Waals surface area contributed by atoms with Crippen LogP contribution in [0.5, 0.6) is 0 Å². The van der Waals surface area contributed by atoms with Crippen molar-refractivity contribution in [3.05, 3.63) is 59.7 Å². The topological polar surface area (TPSA) is 144 Å². The van der Waals surface area contributed by atoms with Gasteiger partial charge in [-0.05, 0) is 48.5 Å². The highest BCUT2D eigenvalue weighted by atomic mass is 32.2. The summed E-state index contributed by atoms with van der Waals surface area (Å²) in [5.74, 6) is 8.98. The van der Waals surface area contributed by atoms with Gasteiger partial charge < -0.3 is 0 Å². The molecule has 0 bridgehead atoms. The quantitative estimate of drug-likeness (QED) is 0.344. The number of rotatable bonds is 4. The summed E-state index contributed by atoms with van der Waals surface area (Å²) >= 11 is 0. The van der Waals surface area contributed by atoms with E-state index in [2.05, 4.69) is 0 Å². The van der Waals surface area contributed by atoms with Crippen LogP contribution >= 0.6 is 0 Å². The normalized spacial score (nSPS) is 10.9. The Bertz CT molecular complexity index is 765. The van der Waals surface area contributed by atoms with Gasteiger partial charge in [0.1, 0.15) is 0 Å². The molecule has 0 fully saturated rings. The predicted molar refractivity (Wildman–Crippen MR) is 81.6 cm³/mol. The number of benzene rings is 2.